The van der Waals surface area contributed by atoms with E-state index in [2.05, 4.69) is 25.7 Å². The van der Waals surface area contributed by atoms with Crippen LogP contribution < -0.4 is 0 Å². The van der Waals surface area contributed by atoms with E-state index in [1.54, 1.807) is 0 Å². The van der Waals surface area contributed by atoms with Crippen LogP contribution in [-0.2, 0) is 9.53 Å². The molecule has 0 amide bonds. The Morgan fingerprint density at radius 3 is 2.89 bits per heavy atom. The predicted molar refractivity (Wildman–Crippen MR) is 72.5 cm³/mol. The summed E-state index contributed by atoms with van der Waals surface area (Å²) in [6, 6.07) is 0. The van der Waals surface area contributed by atoms with Gasteiger partial charge in [-0.2, -0.15) is 0 Å². The average Bonchev–Trinajstić information content (AvgIpc) is 2.31. The van der Waals surface area contributed by atoms with Gasteiger partial charge in [-0.25, -0.2) is 0 Å². The third kappa shape index (κ3) is 3.55. The number of nitrogens with zero attached hydrogens (tertiary/aromatic N) is 1. The molecule has 2 aliphatic rings. The Labute approximate surface area is 111 Å². The minimum Gasteiger partial charge on any atom is -0.376 e. The molecule has 1 saturated carbocycles. The van der Waals surface area contributed by atoms with Gasteiger partial charge in [0.05, 0.1) is 12.7 Å². The molecule has 0 radical (unpaired) electrons. The fourth-order valence-corrected chi connectivity index (χ4v) is 3.30. The lowest BCUT2D eigenvalue weighted by atomic mass is 9.75. The molecule has 104 valence electrons. The van der Waals surface area contributed by atoms with E-state index in [0.717, 1.165) is 51.4 Å². The second kappa shape index (κ2) is 6.16. The van der Waals surface area contributed by atoms with E-state index >= 15 is 0 Å². The van der Waals surface area contributed by atoms with Crippen LogP contribution in [-0.4, -0.2) is 43.0 Å². The molecule has 2 rings (SSSR count). The van der Waals surface area contributed by atoms with Crippen LogP contribution in [0.1, 0.15) is 40.0 Å². The number of rotatable bonds is 3. The van der Waals surface area contributed by atoms with Crippen LogP contribution in [0.2, 0.25) is 0 Å². The molecule has 1 aliphatic heterocycles. The van der Waals surface area contributed by atoms with Crippen molar-refractivity contribution in [2.45, 2.75) is 46.1 Å². The normalized spacial score (nSPS) is 35.1. The first kappa shape index (κ1) is 14.0. The lowest BCUT2D eigenvalue weighted by molar-refractivity contribution is -0.127. The maximum atomic E-state index is 12.1. The summed E-state index contributed by atoms with van der Waals surface area (Å²) in [6.07, 6.45) is 3.32. The molecule has 0 N–H and O–H groups in total. The van der Waals surface area contributed by atoms with Crippen molar-refractivity contribution in [3.05, 3.63) is 0 Å². The summed E-state index contributed by atoms with van der Waals surface area (Å²) in [5.41, 5.74) is 0. The zero-order chi connectivity index (χ0) is 13.1. The minimum atomic E-state index is 0.274. The smallest absolute Gasteiger partial charge is 0.137 e. The van der Waals surface area contributed by atoms with Crippen LogP contribution >= 0.6 is 0 Å². The Morgan fingerprint density at radius 1 is 1.44 bits per heavy atom. The van der Waals surface area contributed by atoms with Gasteiger partial charge in [0.1, 0.15) is 5.78 Å². The van der Waals surface area contributed by atoms with Crippen molar-refractivity contribution in [2.75, 3.05) is 26.2 Å². The van der Waals surface area contributed by atoms with Crippen molar-refractivity contribution < 1.29 is 9.53 Å². The number of ether oxygens (including phenoxy) is 1. The first-order valence-electron chi connectivity index (χ1n) is 7.43. The number of carbonyl (C=O) groups excluding carboxylic acids is 1. The maximum absolute atomic E-state index is 12.1. The molecule has 0 bridgehead atoms. The van der Waals surface area contributed by atoms with Gasteiger partial charge in [0.25, 0.3) is 0 Å². The second-order valence-electron chi connectivity index (χ2n) is 6.38. The molecular weight excluding hydrogens is 226 g/mol. The zero-order valence-corrected chi connectivity index (χ0v) is 12.0. The third-order valence-corrected chi connectivity index (χ3v) is 4.55. The topological polar surface area (TPSA) is 29.5 Å². The number of carbonyl (C=O) groups is 1. The first-order valence-corrected chi connectivity index (χ1v) is 7.43. The predicted octanol–water partition coefficient (Wildman–Crippen LogP) is 2.35. The van der Waals surface area contributed by atoms with Gasteiger partial charge in [0, 0.05) is 32.0 Å². The molecule has 0 spiro atoms. The molecule has 3 atom stereocenters. The van der Waals surface area contributed by atoms with Crippen molar-refractivity contribution in [1.29, 1.82) is 0 Å². The van der Waals surface area contributed by atoms with Gasteiger partial charge >= 0.3 is 0 Å². The van der Waals surface area contributed by atoms with Gasteiger partial charge in [-0.05, 0) is 31.6 Å². The fourth-order valence-electron chi connectivity index (χ4n) is 3.30. The first-order chi connectivity index (χ1) is 8.56. The van der Waals surface area contributed by atoms with Crippen LogP contribution in [0.4, 0.5) is 0 Å². The van der Waals surface area contributed by atoms with Crippen molar-refractivity contribution in [3.63, 3.8) is 0 Å². The SMILES string of the molecule is CC1CN(CC2CC(C(C)C)CCC2=O)CCO1. The molecule has 3 heteroatoms. The van der Waals surface area contributed by atoms with Crippen molar-refractivity contribution in [1.82, 2.24) is 4.90 Å². The van der Waals surface area contributed by atoms with Gasteiger partial charge in [0.2, 0.25) is 0 Å². The Balaban J connectivity index is 1.88. The second-order valence-corrected chi connectivity index (χ2v) is 6.38. The van der Waals surface area contributed by atoms with Gasteiger partial charge in [0.15, 0.2) is 0 Å². The summed E-state index contributed by atoms with van der Waals surface area (Å²) in [5.74, 6) is 2.22. The van der Waals surface area contributed by atoms with E-state index in [4.69, 9.17) is 4.74 Å². The number of ketones is 1. The molecule has 0 aromatic heterocycles. The molecule has 0 aromatic carbocycles. The van der Waals surface area contributed by atoms with Crippen LogP contribution in [0.5, 0.6) is 0 Å². The number of Topliss-reactive ketones (excluding diaryl/α,β-unsaturated/α-hetero) is 1. The molecule has 1 saturated heterocycles. The Bertz CT molecular complexity index is 290. The van der Waals surface area contributed by atoms with E-state index in [1.807, 2.05) is 0 Å². The van der Waals surface area contributed by atoms with Gasteiger partial charge in [-0.3, -0.25) is 9.69 Å². The highest BCUT2D eigenvalue weighted by Crippen LogP contribution is 2.32. The van der Waals surface area contributed by atoms with E-state index in [1.165, 1.54) is 0 Å². The van der Waals surface area contributed by atoms with Crippen LogP contribution in [0.3, 0.4) is 0 Å². The molecule has 18 heavy (non-hydrogen) atoms. The maximum Gasteiger partial charge on any atom is 0.137 e. The summed E-state index contributed by atoms with van der Waals surface area (Å²) >= 11 is 0. The lowest BCUT2D eigenvalue weighted by Crippen LogP contribution is -2.45. The number of morpholine rings is 1. The van der Waals surface area contributed by atoms with Gasteiger partial charge in [-0.1, -0.05) is 13.8 Å². The van der Waals surface area contributed by atoms with E-state index in [9.17, 15) is 4.79 Å². The molecule has 2 fully saturated rings. The van der Waals surface area contributed by atoms with Crippen molar-refractivity contribution in [3.8, 4) is 0 Å². The molecule has 3 unspecified atom stereocenters. The molecule has 0 aromatic rings. The summed E-state index contributed by atoms with van der Waals surface area (Å²) in [4.78, 5) is 14.5. The summed E-state index contributed by atoms with van der Waals surface area (Å²) in [6.45, 7) is 10.4. The summed E-state index contributed by atoms with van der Waals surface area (Å²) in [7, 11) is 0. The average molecular weight is 253 g/mol. The number of hydrogen-bond donors (Lipinski definition) is 0. The third-order valence-electron chi connectivity index (χ3n) is 4.55. The summed E-state index contributed by atoms with van der Waals surface area (Å²) < 4.78 is 5.56. The highest BCUT2D eigenvalue weighted by atomic mass is 16.5. The quantitative estimate of drug-likeness (QED) is 0.773. The molecule has 1 heterocycles. The van der Waals surface area contributed by atoms with Crippen LogP contribution in [0, 0.1) is 17.8 Å². The number of hydrogen-bond acceptors (Lipinski definition) is 3. The van der Waals surface area contributed by atoms with Crippen molar-refractivity contribution in [2.24, 2.45) is 17.8 Å². The van der Waals surface area contributed by atoms with Gasteiger partial charge < -0.3 is 4.74 Å². The van der Waals surface area contributed by atoms with E-state index < -0.39 is 0 Å². The van der Waals surface area contributed by atoms with Crippen molar-refractivity contribution >= 4 is 5.78 Å². The Hall–Kier alpha value is -0.410. The molecule has 3 nitrogen and oxygen atoms in total. The van der Waals surface area contributed by atoms with E-state index in [0.29, 0.717) is 17.8 Å². The Morgan fingerprint density at radius 2 is 2.22 bits per heavy atom. The minimum absolute atomic E-state index is 0.274. The Kier molecular flexibility index (Phi) is 4.79. The molecular formula is C15H27NO2. The van der Waals surface area contributed by atoms with Crippen LogP contribution in [0.15, 0.2) is 0 Å². The fraction of sp³-hybridized carbons (Fsp3) is 0.933. The zero-order valence-electron chi connectivity index (χ0n) is 12.0. The largest absolute Gasteiger partial charge is 0.376 e. The van der Waals surface area contributed by atoms with Crippen LogP contribution in [0.25, 0.3) is 0 Å². The monoisotopic (exact) mass is 253 g/mol. The molecule has 1 aliphatic carbocycles. The highest BCUT2D eigenvalue weighted by Gasteiger charge is 2.32. The summed E-state index contributed by atoms with van der Waals surface area (Å²) in [5, 5.41) is 0. The van der Waals surface area contributed by atoms with E-state index in [-0.39, 0.29) is 5.92 Å². The standard InChI is InChI=1S/C15H27NO2/c1-11(2)13-4-5-15(17)14(8-13)10-16-6-7-18-12(3)9-16/h11-14H,4-10H2,1-3H3. The lowest BCUT2D eigenvalue weighted by Gasteiger charge is -2.36. The van der Waals surface area contributed by atoms with Gasteiger partial charge in [-0.15, -0.1) is 0 Å². The highest BCUT2D eigenvalue weighted by molar-refractivity contribution is 5.82.